The molecule has 3 nitrogen and oxygen atoms in total. The van der Waals surface area contributed by atoms with Crippen LogP contribution in [0.1, 0.15) is 18.4 Å². The Bertz CT molecular complexity index is 324. The molecular formula is C12H18N2OS. The first-order valence-corrected chi connectivity index (χ1v) is 6.37. The van der Waals surface area contributed by atoms with E-state index in [9.17, 15) is 4.79 Å². The zero-order valence-electron chi connectivity index (χ0n) is 9.53. The number of hydrogen-bond donors (Lipinski definition) is 2. The van der Waals surface area contributed by atoms with E-state index >= 15 is 0 Å². The summed E-state index contributed by atoms with van der Waals surface area (Å²) in [6.45, 7) is 0.585. The number of rotatable bonds is 6. The molecule has 0 aliphatic carbocycles. The number of hydrogen-bond acceptors (Lipinski definition) is 3. The molecule has 1 amide bonds. The molecule has 0 saturated heterocycles. The van der Waals surface area contributed by atoms with E-state index in [-0.39, 0.29) is 5.91 Å². The van der Waals surface area contributed by atoms with Gasteiger partial charge >= 0.3 is 0 Å². The van der Waals surface area contributed by atoms with E-state index in [0.717, 1.165) is 17.7 Å². The predicted molar refractivity (Wildman–Crippen MR) is 68.4 cm³/mol. The van der Waals surface area contributed by atoms with Gasteiger partial charge in [-0.25, -0.2) is 0 Å². The van der Waals surface area contributed by atoms with Crippen LogP contribution in [-0.4, -0.2) is 18.7 Å². The summed E-state index contributed by atoms with van der Waals surface area (Å²) >= 11 is 1.77. The fourth-order valence-corrected chi connectivity index (χ4v) is 2.12. The predicted octanol–water partition coefficient (Wildman–Crippen LogP) is 1.76. The highest BCUT2D eigenvalue weighted by Crippen LogP contribution is 2.19. The number of thioether (sulfide) groups is 1. The molecule has 1 rings (SSSR count). The van der Waals surface area contributed by atoms with Crippen LogP contribution in [0.4, 0.5) is 0 Å². The minimum atomic E-state index is 0.110. The Kier molecular flexibility index (Phi) is 5.96. The number of carbonyl (C=O) groups excluding carboxylic acids is 1. The molecule has 1 aromatic carbocycles. The quantitative estimate of drug-likeness (QED) is 0.586. The largest absolute Gasteiger partial charge is 0.359 e. The van der Waals surface area contributed by atoms with Gasteiger partial charge in [-0.2, -0.15) is 0 Å². The molecule has 3 N–H and O–H groups in total. The van der Waals surface area contributed by atoms with Crippen LogP contribution in [0, 0.1) is 0 Å². The summed E-state index contributed by atoms with van der Waals surface area (Å²) in [7, 11) is 1.67. The van der Waals surface area contributed by atoms with Gasteiger partial charge in [-0.05, 0) is 29.9 Å². The minimum Gasteiger partial charge on any atom is -0.359 e. The van der Waals surface area contributed by atoms with Crippen molar-refractivity contribution in [2.45, 2.75) is 24.3 Å². The number of nitrogens with one attached hydrogen (secondary N) is 1. The molecule has 0 unspecified atom stereocenters. The van der Waals surface area contributed by atoms with Crippen molar-refractivity contribution in [2.75, 3.05) is 12.8 Å². The summed E-state index contributed by atoms with van der Waals surface area (Å²) in [5.41, 5.74) is 6.67. The molecule has 0 aliphatic rings. The first-order chi connectivity index (χ1) is 7.76. The van der Waals surface area contributed by atoms with Crippen molar-refractivity contribution >= 4 is 17.7 Å². The van der Waals surface area contributed by atoms with E-state index in [0.29, 0.717) is 13.0 Å². The molecule has 0 heterocycles. The number of nitrogens with two attached hydrogens (primary N) is 1. The summed E-state index contributed by atoms with van der Waals surface area (Å²) in [6, 6.07) is 8.24. The van der Waals surface area contributed by atoms with Gasteiger partial charge in [0, 0.05) is 24.9 Å². The average Bonchev–Trinajstić information content (AvgIpc) is 2.35. The van der Waals surface area contributed by atoms with Crippen LogP contribution in [0.15, 0.2) is 29.2 Å². The number of amides is 1. The lowest BCUT2D eigenvalue weighted by atomic mass is 10.2. The van der Waals surface area contributed by atoms with E-state index in [1.54, 1.807) is 18.8 Å². The van der Waals surface area contributed by atoms with Gasteiger partial charge in [0.15, 0.2) is 0 Å². The molecule has 88 valence electrons. The monoisotopic (exact) mass is 238 g/mol. The van der Waals surface area contributed by atoms with Gasteiger partial charge in [0.2, 0.25) is 5.91 Å². The van der Waals surface area contributed by atoms with Crippen LogP contribution in [0.2, 0.25) is 0 Å². The van der Waals surface area contributed by atoms with Crippen molar-refractivity contribution in [2.24, 2.45) is 5.73 Å². The molecule has 0 spiro atoms. The molecule has 1 aromatic rings. The molecule has 0 atom stereocenters. The first-order valence-electron chi connectivity index (χ1n) is 5.38. The molecule has 0 aromatic heterocycles. The van der Waals surface area contributed by atoms with Crippen LogP contribution in [0.5, 0.6) is 0 Å². The highest BCUT2D eigenvalue weighted by Gasteiger charge is 1.98. The molecule has 0 radical (unpaired) electrons. The lowest BCUT2D eigenvalue weighted by molar-refractivity contribution is -0.120. The lowest BCUT2D eigenvalue weighted by Gasteiger charge is -2.02. The summed E-state index contributed by atoms with van der Waals surface area (Å²) in [5.74, 6) is 1.08. The average molecular weight is 238 g/mol. The van der Waals surface area contributed by atoms with Crippen LogP contribution >= 0.6 is 11.8 Å². The van der Waals surface area contributed by atoms with Crippen LogP contribution in [0.25, 0.3) is 0 Å². The highest BCUT2D eigenvalue weighted by atomic mass is 32.2. The summed E-state index contributed by atoms with van der Waals surface area (Å²) in [6.07, 6.45) is 1.51. The lowest BCUT2D eigenvalue weighted by Crippen LogP contribution is -2.17. The smallest absolute Gasteiger partial charge is 0.219 e. The van der Waals surface area contributed by atoms with Gasteiger partial charge in [-0.15, -0.1) is 11.8 Å². The standard InChI is InChI=1S/C12H18N2OS/c1-14-12(15)3-2-8-16-11-6-4-10(9-13)5-7-11/h4-7H,2-3,8-9,13H2,1H3,(H,14,15). The number of carbonyl (C=O) groups is 1. The Morgan fingerprint density at radius 3 is 2.62 bits per heavy atom. The van der Waals surface area contributed by atoms with Crippen LogP contribution in [-0.2, 0) is 11.3 Å². The van der Waals surface area contributed by atoms with Gasteiger partial charge in [0.1, 0.15) is 0 Å². The second-order valence-corrected chi connectivity index (χ2v) is 4.64. The molecular weight excluding hydrogens is 220 g/mol. The van der Waals surface area contributed by atoms with Crippen molar-refractivity contribution < 1.29 is 4.79 Å². The molecule has 0 fully saturated rings. The molecule has 4 heteroatoms. The maximum Gasteiger partial charge on any atom is 0.219 e. The van der Waals surface area contributed by atoms with Gasteiger partial charge in [0.05, 0.1) is 0 Å². The van der Waals surface area contributed by atoms with Gasteiger partial charge in [-0.1, -0.05) is 12.1 Å². The van der Waals surface area contributed by atoms with E-state index in [2.05, 4.69) is 17.4 Å². The third-order valence-electron chi connectivity index (χ3n) is 2.25. The third kappa shape index (κ3) is 4.68. The maximum atomic E-state index is 11.0. The normalized spacial score (nSPS) is 10.1. The second-order valence-electron chi connectivity index (χ2n) is 3.47. The Morgan fingerprint density at radius 1 is 1.38 bits per heavy atom. The van der Waals surface area contributed by atoms with Gasteiger partial charge < -0.3 is 11.1 Å². The molecule has 0 aliphatic heterocycles. The SMILES string of the molecule is CNC(=O)CCCSc1ccc(CN)cc1. The number of benzene rings is 1. The third-order valence-corrected chi connectivity index (χ3v) is 3.35. The summed E-state index contributed by atoms with van der Waals surface area (Å²) in [5, 5.41) is 2.62. The van der Waals surface area contributed by atoms with E-state index in [1.807, 2.05) is 12.1 Å². The maximum absolute atomic E-state index is 11.0. The Labute approximate surface area is 101 Å². The Morgan fingerprint density at radius 2 is 2.06 bits per heavy atom. The second kappa shape index (κ2) is 7.30. The summed E-state index contributed by atoms with van der Waals surface area (Å²) < 4.78 is 0. The van der Waals surface area contributed by atoms with Crippen molar-refractivity contribution in [1.82, 2.24) is 5.32 Å². The molecule has 16 heavy (non-hydrogen) atoms. The van der Waals surface area contributed by atoms with Crippen molar-refractivity contribution in [3.05, 3.63) is 29.8 Å². The Hall–Kier alpha value is -1.00. The fraction of sp³-hybridized carbons (Fsp3) is 0.417. The van der Waals surface area contributed by atoms with Crippen LogP contribution < -0.4 is 11.1 Å². The zero-order valence-corrected chi connectivity index (χ0v) is 10.3. The Balaban J connectivity index is 2.24. The first kappa shape index (κ1) is 13.1. The fourth-order valence-electron chi connectivity index (χ4n) is 1.27. The van der Waals surface area contributed by atoms with Gasteiger partial charge in [-0.3, -0.25) is 4.79 Å². The molecule has 0 saturated carbocycles. The van der Waals surface area contributed by atoms with Gasteiger partial charge in [0.25, 0.3) is 0 Å². The highest BCUT2D eigenvalue weighted by molar-refractivity contribution is 7.99. The van der Waals surface area contributed by atoms with Crippen LogP contribution in [0.3, 0.4) is 0 Å². The van der Waals surface area contributed by atoms with Crippen molar-refractivity contribution in [3.63, 3.8) is 0 Å². The van der Waals surface area contributed by atoms with Crippen molar-refractivity contribution in [1.29, 1.82) is 0 Å². The topological polar surface area (TPSA) is 55.1 Å². The van der Waals surface area contributed by atoms with E-state index in [1.165, 1.54) is 4.90 Å². The van der Waals surface area contributed by atoms with E-state index < -0.39 is 0 Å². The summed E-state index contributed by atoms with van der Waals surface area (Å²) in [4.78, 5) is 12.2. The van der Waals surface area contributed by atoms with Crippen molar-refractivity contribution in [3.8, 4) is 0 Å². The minimum absolute atomic E-state index is 0.110. The van der Waals surface area contributed by atoms with E-state index in [4.69, 9.17) is 5.73 Å². The zero-order chi connectivity index (χ0) is 11.8. The molecule has 0 bridgehead atoms.